The van der Waals surface area contributed by atoms with Gasteiger partial charge >= 0.3 is 0 Å². The molecule has 0 aliphatic carbocycles. The quantitative estimate of drug-likeness (QED) is 0.203. The van der Waals surface area contributed by atoms with Gasteiger partial charge in [0.05, 0.1) is 40.3 Å². The molecule has 33 heavy (non-hydrogen) atoms. The van der Waals surface area contributed by atoms with E-state index in [1.54, 1.807) is 6.92 Å². The Kier molecular flexibility index (Phi) is 18.7. The first-order valence-corrected chi connectivity index (χ1v) is 13.2. The van der Waals surface area contributed by atoms with E-state index in [9.17, 15) is 15.0 Å². The Morgan fingerprint density at radius 2 is 1.27 bits per heavy atom. The molecule has 1 rings (SSSR count). The molecule has 0 saturated heterocycles. The molecular weight excluding hydrogens is 414 g/mol. The van der Waals surface area contributed by atoms with E-state index in [0.717, 1.165) is 4.48 Å². The number of hydrogen-bond acceptors (Lipinski definition) is 4. The van der Waals surface area contributed by atoms with Gasteiger partial charge in [0.15, 0.2) is 0 Å². The van der Waals surface area contributed by atoms with E-state index in [1.807, 2.05) is 0 Å². The molecule has 0 spiro atoms. The molecule has 192 valence electrons. The average Bonchev–Trinajstić information content (AvgIpc) is 2.74. The number of carbonyl (C=O) groups excluding carboxylic acids is 1. The molecule has 0 radical (unpaired) electrons. The topological polar surface area (TPSA) is 69.6 Å². The molecule has 0 fully saturated rings. The predicted molar refractivity (Wildman–Crippen MR) is 137 cm³/mol. The second kappa shape index (κ2) is 19.7. The lowest BCUT2D eigenvalue weighted by atomic mass is 10.0. The number of carboxylic acids is 1. The Labute approximate surface area is 203 Å². The molecule has 5 heteroatoms. The van der Waals surface area contributed by atoms with Gasteiger partial charge in [0, 0.05) is 11.6 Å². The maximum atomic E-state index is 10.4. The van der Waals surface area contributed by atoms with Crippen LogP contribution in [-0.2, 0) is 0 Å². The minimum absolute atomic E-state index is 0.233. The fourth-order valence-electron chi connectivity index (χ4n) is 3.72. The highest BCUT2D eigenvalue weighted by Gasteiger charge is 2.05. The van der Waals surface area contributed by atoms with Gasteiger partial charge in [-0.15, -0.1) is 0 Å². The zero-order valence-electron chi connectivity index (χ0n) is 22.2. The van der Waals surface area contributed by atoms with Gasteiger partial charge in [-0.1, -0.05) is 84.0 Å². The minimum atomic E-state index is -1.40. The zero-order valence-corrected chi connectivity index (χ0v) is 22.2. The van der Waals surface area contributed by atoms with Crippen molar-refractivity contribution in [3.8, 4) is 11.5 Å². The molecule has 1 N–H and O–H groups in total. The van der Waals surface area contributed by atoms with E-state index < -0.39 is 5.97 Å². The summed E-state index contributed by atoms with van der Waals surface area (Å²) in [7, 11) is 6.88. The number of quaternary nitrogens is 1. The van der Waals surface area contributed by atoms with Gasteiger partial charge in [0.2, 0.25) is 0 Å². The highest BCUT2D eigenvalue weighted by Crippen LogP contribution is 2.22. The van der Waals surface area contributed by atoms with Crippen molar-refractivity contribution in [1.82, 2.24) is 0 Å². The number of carboxylic acid groups (broad SMARTS) is 1. The van der Waals surface area contributed by atoms with Crippen LogP contribution in [0.2, 0.25) is 0 Å². The first-order valence-electron chi connectivity index (χ1n) is 13.2. The Morgan fingerprint density at radius 1 is 0.818 bits per heavy atom. The van der Waals surface area contributed by atoms with E-state index in [0.29, 0.717) is 12.4 Å². The number of ether oxygens (including phenoxy) is 1. The largest absolute Gasteiger partial charge is 0.545 e. The first-order chi connectivity index (χ1) is 15.7. The maximum absolute atomic E-state index is 10.4. The molecule has 5 nitrogen and oxygen atoms in total. The lowest BCUT2D eigenvalue weighted by molar-refractivity contribution is -0.870. The number of nitrogens with zero attached hydrogens (tertiary/aromatic N) is 1. The fourth-order valence-corrected chi connectivity index (χ4v) is 3.72. The third-order valence-electron chi connectivity index (χ3n) is 5.68. The van der Waals surface area contributed by atoms with Crippen molar-refractivity contribution in [1.29, 1.82) is 0 Å². The summed E-state index contributed by atoms with van der Waals surface area (Å²) in [5.41, 5.74) is -0.233. The Bertz CT molecular complexity index is 610. The molecule has 0 unspecified atom stereocenters. The normalized spacial score (nSPS) is 11.1. The average molecular weight is 466 g/mol. The number of rotatable bonds is 18. The van der Waals surface area contributed by atoms with Crippen LogP contribution in [0.1, 0.15) is 114 Å². The molecule has 1 aromatic rings. The van der Waals surface area contributed by atoms with Gasteiger partial charge in [0.1, 0.15) is 11.5 Å². The van der Waals surface area contributed by atoms with Crippen LogP contribution in [0.25, 0.3) is 0 Å². The third kappa shape index (κ3) is 19.4. The van der Waals surface area contributed by atoms with E-state index >= 15 is 0 Å². The molecular formula is C28H51NO4. The lowest BCUT2D eigenvalue weighted by Gasteiger charge is -2.23. The summed E-state index contributed by atoms with van der Waals surface area (Å²) in [5, 5.41) is 19.6. The number of phenols is 1. The van der Waals surface area contributed by atoms with Gasteiger partial charge < -0.3 is 24.2 Å². The summed E-state index contributed by atoms with van der Waals surface area (Å²) in [6.07, 6.45) is 20.4. The number of aromatic hydroxyl groups is 1. The van der Waals surface area contributed by atoms with Gasteiger partial charge in [-0.05, 0) is 31.9 Å². The Morgan fingerprint density at radius 3 is 1.64 bits per heavy atom. The molecule has 1 aromatic carbocycles. The molecule has 0 saturated carbocycles. The van der Waals surface area contributed by atoms with Crippen molar-refractivity contribution < 1.29 is 24.2 Å². The lowest BCUT2D eigenvalue weighted by Crippen LogP contribution is -2.35. The summed E-state index contributed by atoms with van der Waals surface area (Å²) >= 11 is 0. The SMILES string of the molecule is CCCCCCCCCCCCCCCC[N+](C)(C)C.CCOc1ccc(C(=O)[O-])c(O)c1. The third-order valence-corrected chi connectivity index (χ3v) is 5.68. The molecule has 0 aliphatic heterocycles. The van der Waals surface area contributed by atoms with Gasteiger partial charge in [0.25, 0.3) is 0 Å². The van der Waals surface area contributed by atoms with Crippen LogP contribution < -0.4 is 9.84 Å². The van der Waals surface area contributed by atoms with E-state index in [4.69, 9.17) is 4.74 Å². The van der Waals surface area contributed by atoms with Crippen LogP contribution in [0.3, 0.4) is 0 Å². The second-order valence-electron chi connectivity index (χ2n) is 10.0. The summed E-state index contributed by atoms with van der Waals surface area (Å²) in [4.78, 5) is 10.4. The number of aromatic carboxylic acids is 1. The monoisotopic (exact) mass is 465 g/mol. The van der Waals surface area contributed by atoms with Crippen LogP contribution in [0.5, 0.6) is 11.5 Å². The summed E-state index contributed by atoms with van der Waals surface area (Å²) in [5.74, 6) is -1.31. The minimum Gasteiger partial charge on any atom is -0.545 e. The highest BCUT2D eigenvalue weighted by atomic mass is 16.5. The van der Waals surface area contributed by atoms with E-state index in [2.05, 4.69) is 28.1 Å². The van der Waals surface area contributed by atoms with Crippen molar-refractivity contribution in [2.24, 2.45) is 0 Å². The number of carbonyl (C=O) groups is 1. The molecule has 0 aliphatic rings. The van der Waals surface area contributed by atoms with Crippen molar-refractivity contribution in [2.75, 3.05) is 34.3 Å². The van der Waals surface area contributed by atoms with Crippen molar-refractivity contribution >= 4 is 5.97 Å². The van der Waals surface area contributed by atoms with Gasteiger partial charge in [-0.3, -0.25) is 0 Å². The summed E-state index contributed by atoms with van der Waals surface area (Å²) < 4.78 is 6.17. The van der Waals surface area contributed by atoms with Crippen LogP contribution >= 0.6 is 0 Å². The van der Waals surface area contributed by atoms with Crippen LogP contribution in [0.4, 0.5) is 0 Å². The van der Waals surface area contributed by atoms with Crippen molar-refractivity contribution in [2.45, 2.75) is 104 Å². The fraction of sp³-hybridized carbons (Fsp3) is 0.750. The number of unbranched alkanes of at least 4 members (excludes halogenated alkanes) is 13. The smallest absolute Gasteiger partial charge is 0.128 e. The second-order valence-corrected chi connectivity index (χ2v) is 10.0. The summed E-state index contributed by atoms with van der Waals surface area (Å²) in [6.45, 7) is 5.88. The van der Waals surface area contributed by atoms with Crippen LogP contribution in [0, 0.1) is 0 Å². The molecule has 0 atom stereocenters. The zero-order chi connectivity index (χ0) is 25.0. The number of hydrogen-bond donors (Lipinski definition) is 1. The first kappa shape index (κ1) is 31.2. The maximum Gasteiger partial charge on any atom is 0.128 e. The molecule has 0 aromatic heterocycles. The van der Waals surface area contributed by atoms with Gasteiger partial charge in [-0.25, -0.2) is 0 Å². The van der Waals surface area contributed by atoms with Crippen LogP contribution in [-0.4, -0.2) is 49.9 Å². The summed E-state index contributed by atoms with van der Waals surface area (Å²) in [6, 6.07) is 3.96. The Hall–Kier alpha value is -1.75. The Balaban J connectivity index is 0.000000676. The highest BCUT2D eigenvalue weighted by molar-refractivity contribution is 5.89. The predicted octanol–water partition coefficient (Wildman–Crippen LogP) is 6.33. The standard InChI is InChI=1S/C19H42N.C9H10O4/c1-5-6-7-8-9-10-11-12-13-14-15-16-17-18-19-20(2,3)4;1-2-13-6-3-4-7(9(11)12)8(10)5-6/h5-19H2,1-4H3;3-5,10H,2H2,1H3,(H,11,12)/q+1;/p-1. The van der Waals surface area contributed by atoms with E-state index in [-0.39, 0.29) is 11.3 Å². The molecule has 0 heterocycles. The van der Waals surface area contributed by atoms with Gasteiger partial charge in [-0.2, -0.15) is 0 Å². The van der Waals surface area contributed by atoms with Crippen LogP contribution in [0.15, 0.2) is 18.2 Å². The van der Waals surface area contributed by atoms with Crippen molar-refractivity contribution in [3.05, 3.63) is 23.8 Å². The molecule has 0 bridgehead atoms. The molecule has 0 amide bonds. The number of benzene rings is 1. The van der Waals surface area contributed by atoms with Crippen molar-refractivity contribution in [3.63, 3.8) is 0 Å². The van der Waals surface area contributed by atoms with E-state index in [1.165, 1.54) is 115 Å².